The first-order valence-corrected chi connectivity index (χ1v) is 6.81. The lowest BCUT2D eigenvalue weighted by molar-refractivity contribution is 0.203. The van der Waals surface area contributed by atoms with Crippen LogP contribution < -0.4 is 10.6 Å². The number of methoxy groups -OCH3 is 1. The molecular formula is C15H26IN3O. The van der Waals surface area contributed by atoms with E-state index in [1.54, 1.807) is 14.2 Å². The molecule has 1 aromatic rings. The third-order valence-electron chi connectivity index (χ3n) is 2.96. The third kappa shape index (κ3) is 7.69. The van der Waals surface area contributed by atoms with Gasteiger partial charge in [0.05, 0.1) is 6.61 Å². The monoisotopic (exact) mass is 391 g/mol. The number of nitrogens with one attached hydrogen (secondary N) is 2. The Bertz CT molecular complexity index is 379. The molecule has 20 heavy (non-hydrogen) atoms. The van der Waals surface area contributed by atoms with Crippen LogP contribution in [0.4, 0.5) is 0 Å². The van der Waals surface area contributed by atoms with Crippen molar-refractivity contribution in [3.63, 3.8) is 0 Å². The highest BCUT2D eigenvalue weighted by Crippen LogP contribution is 2.05. The molecule has 0 atom stereocenters. The normalized spacial score (nSPS) is 10.8. The van der Waals surface area contributed by atoms with Gasteiger partial charge < -0.3 is 15.4 Å². The lowest BCUT2D eigenvalue weighted by Crippen LogP contribution is -2.39. The zero-order valence-corrected chi connectivity index (χ0v) is 14.9. The first-order chi connectivity index (χ1) is 9.30. The summed E-state index contributed by atoms with van der Waals surface area (Å²) >= 11 is 0. The van der Waals surface area contributed by atoms with E-state index >= 15 is 0 Å². The van der Waals surface area contributed by atoms with Crippen molar-refractivity contribution in [3.8, 4) is 0 Å². The number of halogens is 1. The molecule has 0 amide bonds. The van der Waals surface area contributed by atoms with Gasteiger partial charge in [-0.15, -0.1) is 24.0 Å². The molecule has 0 aromatic heterocycles. The predicted octanol–water partition coefficient (Wildman–Crippen LogP) is 2.22. The molecule has 1 rings (SSSR count). The molecule has 0 unspecified atom stereocenters. The van der Waals surface area contributed by atoms with E-state index in [1.165, 1.54) is 11.1 Å². The minimum absolute atomic E-state index is 0. The maximum atomic E-state index is 4.99. The van der Waals surface area contributed by atoms with E-state index in [0.717, 1.165) is 31.9 Å². The summed E-state index contributed by atoms with van der Waals surface area (Å²) in [6, 6.07) is 8.78. The zero-order valence-electron chi connectivity index (χ0n) is 12.6. The van der Waals surface area contributed by atoms with Crippen LogP contribution >= 0.6 is 24.0 Å². The quantitative estimate of drug-likeness (QED) is 0.324. The van der Waals surface area contributed by atoms with Crippen molar-refractivity contribution in [2.45, 2.75) is 19.8 Å². The second kappa shape index (κ2) is 12.0. The molecule has 0 fully saturated rings. The van der Waals surface area contributed by atoms with Crippen LogP contribution in [0, 0.1) is 0 Å². The van der Waals surface area contributed by atoms with Crippen molar-refractivity contribution in [3.05, 3.63) is 35.4 Å². The number of rotatable bonds is 7. The van der Waals surface area contributed by atoms with Crippen molar-refractivity contribution in [2.75, 3.05) is 33.9 Å². The van der Waals surface area contributed by atoms with Gasteiger partial charge in [0.25, 0.3) is 0 Å². The minimum Gasteiger partial charge on any atom is -0.383 e. The van der Waals surface area contributed by atoms with Crippen molar-refractivity contribution in [1.29, 1.82) is 0 Å². The van der Waals surface area contributed by atoms with Crippen molar-refractivity contribution >= 4 is 29.9 Å². The van der Waals surface area contributed by atoms with E-state index in [1.807, 2.05) is 0 Å². The highest BCUT2D eigenvalue weighted by molar-refractivity contribution is 14.0. The Morgan fingerprint density at radius 1 is 1.10 bits per heavy atom. The second-order valence-electron chi connectivity index (χ2n) is 4.34. The van der Waals surface area contributed by atoms with Crippen LogP contribution in [0.2, 0.25) is 0 Å². The number of hydrogen-bond acceptors (Lipinski definition) is 2. The summed E-state index contributed by atoms with van der Waals surface area (Å²) in [5, 5.41) is 6.48. The van der Waals surface area contributed by atoms with E-state index < -0.39 is 0 Å². The summed E-state index contributed by atoms with van der Waals surface area (Å²) < 4.78 is 4.99. The molecular weight excluding hydrogens is 365 g/mol. The zero-order chi connectivity index (χ0) is 13.9. The Morgan fingerprint density at radius 2 is 1.70 bits per heavy atom. The first kappa shape index (κ1) is 19.2. The molecule has 114 valence electrons. The molecule has 0 saturated carbocycles. The van der Waals surface area contributed by atoms with Gasteiger partial charge in [-0.25, -0.2) is 0 Å². The van der Waals surface area contributed by atoms with E-state index in [-0.39, 0.29) is 24.0 Å². The Balaban J connectivity index is 0.00000361. The van der Waals surface area contributed by atoms with Crippen LogP contribution in [0.5, 0.6) is 0 Å². The number of benzene rings is 1. The maximum Gasteiger partial charge on any atom is 0.191 e. The molecule has 0 aliphatic rings. The molecule has 0 aliphatic heterocycles. The average Bonchev–Trinajstić information content (AvgIpc) is 2.46. The number of guanidine groups is 1. The van der Waals surface area contributed by atoms with Crippen LogP contribution in [0.3, 0.4) is 0 Å². The number of nitrogens with zero attached hydrogens (tertiary/aromatic N) is 1. The van der Waals surface area contributed by atoms with Gasteiger partial charge in [-0.2, -0.15) is 0 Å². The summed E-state index contributed by atoms with van der Waals surface area (Å²) in [6.45, 7) is 4.49. The Morgan fingerprint density at radius 3 is 2.25 bits per heavy atom. The molecule has 0 radical (unpaired) electrons. The number of aryl methyl sites for hydroxylation is 1. The molecule has 4 nitrogen and oxygen atoms in total. The van der Waals surface area contributed by atoms with Crippen LogP contribution in [0.15, 0.2) is 29.3 Å². The van der Waals surface area contributed by atoms with Crippen molar-refractivity contribution < 1.29 is 4.74 Å². The van der Waals surface area contributed by atoms with Crippen LogP contribution in [-0.4, -0.2) is 39.8 Å². The number of aliphatic imine (C=N–C) groups is 1. The molecule has 5 heteroatoms. The highest BCUT2D eigenvalue weighted by atomic mass is 127. The first-order valence-electron chi connectivity index (χ1n) is 6.81. The van der Waals surface area contributed by atoms with Gasteiger partial charge in [0.2, 0.25) is 0 Å². The molecule has 0 saturated heterocycles. The molecule has 0 bridgehead atoms. The Kier molecular flexibility index (Phi) is 11.5. The van der Waals surface area contributed by atoms with Gasteiger partial charge in [-0.05, 0) is 24.0 Å². The fraction of sp³-hybridized carbons (Fsp3) is 0.533. The van der Waals surface area contributed by atoms with E-state index in [2.05, 4.69) is 46.8 Å². The molecule has 2 N–H and O–H groups in total. The lowest BCUT2D eigenvalue weighted by Gasteiger charge is -2.11. The number of hydrogen-bond donors (Lipinski definition) is 2. The summed E-state index contributed by atoms with van der Waals surface area (Å²) in [7, 11) is 3.47. The smallest absolute Gasteiger partial charge is 0.191 e. The predicted molar refractivity (Wildman–Crippen MR) is 96.2 cm³/mol. The molecule has 0 spiro atoms. The van der Waals surface area contributed by atoms with Crippen molar-refractivity contribution in [1.82, 2.24) is 10.6 Å². The summed E-state index contributed by atoms with van der Waals surface area (Å²) in [6.07, 6.45) is 2.09. The second-order valence-corrected chi connectivity index (χ2v) is 4.34. The number of ether oxygens (including phenoxy) is 1. The summed E-state index contributed by atoms with van der Waals surface area (Å²) in [4.78, 5) is 4.16. The van der Waals surface area contributed by atoms with Gasteiger partial charge in [0.1, 0.15) is 0 Å². The fourth-order valence-electron chi connectivity index (χ4n) is 1.76. The van der Waals surface area contributed by atoms with E-state index in [0.29, 0.717) is 6.61 Å². The van der Waals surface area contributed by atoms with Crippen LogP contribution in [0.25, 0.3) is 0 Å². The van der Waals surface area contributed by atoms with Crippen molar-refractivity contribution in [2.24, 2.45) is 4.99 Å². The highest BCUT2D eigenvalue weighted by Gasteiger charge is 1.97. The molecule has 1 aromatic carbocycles. The maximum absolute atomic E-state index is 4.99. The van der Waals surface area contributed by atoms with Gasteiger partial charge in [0, 0.05) is 27.2 Å². The third-order valence-corrected chi connectivity index (χ3v) is 2.96. The average molecular weight is 391 g/mol. The minimum atomic E-state index is 0. The molecule has 0 heterocycles. The van der Waals surface area contributed by atoms with E-state index in [9.17, 15) is 0 Å². The standard InChI is InChI=1S/C15H25N3O.HI/c1-4-13-5-7-14(8-6-13)9-10-17-15(16-2)18-11-12-19-3;/h5-8H,4,9-12H2,1-3H3,(H2,16,17,18);1H. The molecule has 0 aliphatic carbocycles. The van der Waals surface area contributed by atoms with Gasteiger partial charge in [-0.1, -0.05) is 31.2 Å². The fourth-order valence-corrected chi connectivity index (χ4v) is 1.76. The Labute approximate surface area is 139 Å². The van der Waals surface area contributed by atoms with E-state index in [4.69, 9.17) is 4.74 Å². The lowest BCUT2D eigenvalue weighted by atomic mass is 10.1. The van der Waals surface area contributed by atoms with Gasteiger partial charge >= 0.3 is 0 Å². The summed E-state index contributed by atoms with van der Waals surface area (Å²) in [5.74, 6) is 0.822. The topological polar surface area (TPSA) is 45.7 Å². The van der Waals surface area contributed by atoms with Crippen LogP contribution in [0.1, 0.15) is 18.1 Å². The van der Waals surface area contributed by atoms with Gasteiger partial charge in [-0.3, -0.25) is 4.99 Å². The van der Waals surface area contributed by atoms with Crippen LogP contribution in [-0.2, 0) is 17.6 Å². The SMILES string of the molecule is CCc1ccc(CCNC(=NC)NCCOC)cc1.I. The summed E-state index contributed by atoms with van der Waals surface area (Å²) in [5.41, 5.74) is 2.73. The van der Waals surface area contributed by atoms with Gasteiger partial charge in [0.15, 0.2) is 5.96 Å². The Hall–Kier alpha value is -0.820. The largest absolute Gasteiger partial charge is 0.383 e.